The van der Waals surface area contributed by atoms with Crippen molar-refractivity contribution in [3.05, 3.63) is 35.7 Å². The van der Waals surface area contributed by atoms with Crippen LogP contribution in [-0.4, -0.2) is 40.1 Å². The van der Waals surface area contributed by atoms with E-state index in [2.05, 4.69) is 10.3 Å². The molecule has 2 aromatic rings. The van der Waals surface area contributed by atoms with Crippen molar-refractivity contribution in [1.82, 2.24) is 9.88 Å². The number of thiazole rings is 1. The average molecular weight is 373 g/mol. The molecule has 6 nitrogen and oxygen atoms in total. The second-order valence-corrected chi connectivity index (χ2v) is 8.08. The molecule has 1 saturated heterocycles. The zero-order valence-electron chi connectivity index (χ0n) is 15.2. The van der Waals surface area contributed by atoms with Crippen molar-refractivity contribution < 1.29 is 14.3 Å². The summed E-state index contributed by atoms with van der Waals surface area (Å²) in [5.74, 6) is -0.220. The van der Waals surface area contributed by atoms with E-state index < -0.39 is 17.7 Å². The van der Waals surface area contributed by atoms with Crippen molar-refractivity contribution in [1.29, 1.82) is 0 Å². The van der Waals surface area contributed by atoms with E-state index in [0.29, 0.717) is 18.1 Å². The molecule has 0 radical (unpaired) electrons. The Morgan fingerprint density at radius 2 is 2.00 bits per heavy atom. The average Bonchev–Trinajstić information content (AvgIpc) is 3.23. The van der Waals surface area contributed by atoms with Crippen molar-refractivity contribution in [2.75, 3.05) is 11.9 Å². The van der Waals surface area contributed by atoms with Crippen LogP contribution >= 0.6 is 11.3 Å². The summed E-state index contributed by atoms with van der Waals surface area (Å²) in [6.07, 6.45) is 0.964. The molecule has 3 rings (SSSR count). The molecule has 2 heterocycles. The van der Waals surface area contributed by atoms with Crippen LogP contribution in [0.4, 0.5) is 9.93 Å². The molecule has 2 amide bonds. The number of likely N-dealkylation sites (tertiary alicyclic amines) is 1. The lowest BCUT2D eigenvalue weighted by Gasteiger charge is -2.27. The number of amides is 2. The third-order valence-electron chi connectivity index (χ3n) is 3.99. The zero-order valence-corrected chi connectivity index (χ0v) is 16.0. The Kier molecular flexibility index (Phi) is 5.27. The summed E-state index contributed by atoms with van der Waals surface area (Å²) in [6, 6.07) is 9.27. The largest absolute Gasteiger partial charge is 0.444 e. The molecule has 1 aliphatic rings. The van der Waals surface area contributed by atoms with Crippen LogP contribution in [0.3, 0.4) is 0 Å². The van der Waals surface area contributed by atoms with Gasteiger partial charge in [0.2, 0.25) is 5.91 Å². The summed E-state index contributed by atoms with van der Waals surface area (Å²) in [4.78, 5) is 31.0. The number of hydrogen-bond donors (Lipinski definition) is 1. The molecular formula is C19H23N3O3S. The summed E-state index contributed by atoms with van der Waals surface area (Å²) in [5.41, 5.74) is 1.24. The third kappa shape index (κ3) is 4.40. The first-order valence-corrected chi connectivity index (χ1v) is 9.53. The highest BCUT2D eigenvalue weighted by Crippen LogP contribution is 2.26. The Balaban J connectivity index is 1.66. The molecule has 1 aromatic carbocycles. The molecule has 138 valence electrons. The van der Waals surface area contributed by atoms with E-state index in [9.17, 15) is 9.59 Å². The van der Waals surface area contributed by atoms with Gasteiger partial charge in [-0.2, -0.15) is 0 Å². The topological polar surface area (TPSA) is 71.5 Å². The highest BCUT2D eigenvalue weighted by molar-refractivity contribution is 7.14. The normalized spacial score (nSPS) is 17.2. The van der Waals surface area contributed by atoms with E-state index in [4.69, 9.17) is 4.74 Å². The maximum Gasteiger partial charge on any atom is 0.410 e. The maximum atomic E-state index is 12.6. The highest BCUT2D eigenvalue weighted by Gasteiger charge is 2.36. The number of aromatic nitrogens is 1. The molecule has 0 unspecified atom stereocenters. The summed E-state index contributed by atoms with van der Waals surface area (Å²) < 4.78 is 5.41. The lowest BCUT2D eigenvalue weighted by molar-refractivity contribution is -0.120. The van der Waals surface area contributed by atoms with Gasteiger partial charge in [0.1, 0.15) is 11.6 Å². The van der Waals surface area contributed by atoms with Gasteiger partial charge in [-0.05, 0) is 33.6 Å². The smallest absolute Gasteiger partial charge is 0.410 e. The minimum Gasteiger partial charge on any atom is -0.444 e. The van der Waals surface area contributed by atoms with Crippen LogP contribution in [0.1, 0.15) is 33.6 Å². The molecule has 0 bridgehead atoms. The monoisotopic (exact) mass is 373 g/mol. The van der Waals surface area contributed by atoms with E-state index in [0.717, 1.165) is 17.7 Å². The van der Waals surface area contributed by atoms with Crippen LogP contribution in [0.15, 0.2) is 35.7 Å². The Bertz CT molecular complexity index is 783. The fourth-order valence-electron chi connectivity index (χ4n) is 2.84. The predicted molar refractivity (Wildman–Crippen MR) is 102 cm³/mol. The molecule has 1 aliphatic heterocycles. The molecule has 0 saturated carbocycles. The lowest BCUT2D eigenvalue weighted by Crippen LogP contribution is -2.45. The number of rotatable bonds is 3. The van der Waals surface area contributed by atoms with Crippen molar-refractivity contribution in [2.45, 2.75) is 45.3 Å². The van der Waals surface area contributed by atoms with Crippen LogP contribution in [-0.2, 0) is 9.53 Å². The summed E-state index contributed by atoms with van der Waals surface area (Å²) >= 11 is 1.37. The number of carbonyl (C=O) groups excluding carboxylic acids is 2. The van der Waals surface area contributed by atoms with Crippen molar-refractivity contribution in [2.24, 2.45) is 0 Å². The van der Waals surface area contributed by atoms with Gasteiger partial charge < -0.3 is 10.1 Å². The number of anilines is 1. The first-order chi connectivity index (χ1) is 12.3. The molecule has 26 heavy (non-hydrogen) atoms. The van der Waals surface area contributed by atoms with Crippen LogP contribution in [0.25, 0.3) is 11.3 Å². The number of nitrogens with one attached hydrogen (secondary N) is 1. The quantitative estimate of drug-likeness (QED) is 0.877. The van der Waals surface area contributed by atoms with Crippen LogP contribution in [0, 0.1) is 0 Å². The number of carbonyl (C=O) groups is 2. The molecular weight excluding hydrogens is 350 g/mol. The molecule has 1 aromatic heterocycles. The van der Waals surface area contributed by atoms with E-state index in [-0.39, 0.29) is 5.91 Å². The summed E-state index contributed by atoms with van der Waals surface area (Å²) in [6.45, 7) is 5.98. The third-order valence-corrected chi connectivity index (χ3v) is 4.75. The first kappa shape index (κ1) is 18.4. The van der Waals surface area contributed by atoms with Crippen molar-refractivity contribution >= 4 is 28.5 Å². The fourth-order valence-corrected chi connectivity index (χ4v) is 3.56. The number of benzene rings is 1. The van der Waals surface area contributed by atoms with Gasteiger partial charge in [0, 0.05) is 17.5 Å². The Hall–Kier alpha value is -2.41. The van der Waals surface area contributed by atoms with E-state index in [1.165, 1.54) is 16.2 Å². The molecule has 1 fully saturated rings. The zero-order chi connectivity index (χ0) is 18.7. The van der Waals surface area contributed by atoms with Gasteiger partial charge in [0.05, 0.1) is 5.69 Å². The lowest BCUT2D eigenvalue weighted by atomic mass is 10.2. The minimum absolute atomic E-state index is 0.220. The molecule has 1 atom stereocenters. The Labute approximate surface area is 157 Å². The van der Waals surface area contributed by atoms with Gasteiger partial charge in [0.15, 0.2) is 5.13 Å². The van der Waals surface area contributed by atoms with Gasteiger partial charge in [-0.3, -0.25) is 9.69 Å². The number of hydrogen-bond acceptors (Lipinski definition) is 5. The fraction of sp³-hybridized carbons (Fsp3) is 0.421. The van der Waals surface area contributed by atoms with Crippen molar-refractivity contribution in [3.63, 3.8) is 0 Å². The van der Waals surface area contributed by atoms with Crippen molar-refractivity contribution in [3.8, 4) is 11.3 Å². The van der Waals surface area contributed by atoms with Gasteiger partial charge in [-0.25, -0.2) is 9.78 Å². The molecule has 7 heteroatoms. The first-order valence-electron chi connectivity index (χ1n) is 8.65. The van der Waals surface area contributed by atoms with Gasteiger partial charge in [-0.1, -0.05) is 30.3 Å². The number of ether oxygens (including phenoxy) is 1. The second kappa shape index (κ2) is 7.45. The second-order valence-electron chi connectivity index (χ2n) is 7.22. The van der Waals surface area contributed by atoms with Crippen LogP contribution < -0.4 is 5.32 Å². The van der Waals surface area contributed by atoms with E-state index >= 15 is 0 Å². The Morgan fingerprint density at radius 1 is 1.27 bits per heavy atom. The van der Waals surface area contributed by atoms with Gasteiger partial charge in [-0.15, -0.1) is 11.3 Å². The highest BCUT2D eigenvalue weighted by atomic mass is 32.1. The van der Waals surface area contributed by atoms with E-state index in [1.54, 1.807) is 0 Å². The minimum atomic E-state index is -0.583. The number of nitrogens with zero attached hydrogens (tertiary/aromatic N) is 2. The molecule has 1 N–H and O–H groups in total. The predicted octanol–water partition coefficient (Wildman–Crippen LogP) is 4.15. The summed E-state index contributed by atoms with van der Waals surface area (Å²) in [7, 11) is 0. The van der Waals surface area contributed by atoms with Crippen LogP contribution in [0.2, 0.25) is 0 Å². The standard InChI is InChI=1S/C19H23N3O3S/c1-19(2,3)25-18(24)22-11-7-10-15(22)16(23)21-17-20-14(12-26-17)13-8-5-4-6-9-13/h4-6,8-9,12,15H,7,10-11H2,1-3H3,(H,20,21,23)/t15-/m1/s1. The molecule has 0 aliphatic carbocycles. The summed E-state index contributed by atoms with van der Waals surface area (Å²) in [5, 5.41) is 5.28. The maximum absolute atomic E-state index is 12.6. The Morgan fingerprint density at radius 3 is 2.69 bits per heavy atom. The molecule has 0 spiro atoms. The SMILES string of the molecule is CC(C)(C)OC(=O)N1CCC[C@@H]1C(=O)Nc1nc(-c2ccccc2)cs1. The van der Waals surface area contributed by atoms with Gasteiger partial charge >= 0.3 is 6.09 Å². The van der Waals surface area contributed by atoms with Crippen LogP contribution in [0.5, 0.6) is 0 Å². The van der Waals surface area contributed by atoms with Gasteiger partial charge in [0.25, 0.3) is 0 Å². The van der Waals surface area contributed by atoms with E-state index in [1.807, 2.05) is 56.5 Å².